The number of carboxylic acids is 1. The first-order valence-electron chi connectivity index (χ1n) is 7.25. The number of aryl methyl sites for hydroxylation is 1. The Morgan fingerprint density at radius 2 is 1.96 bits per heavy atom. The zero-order valence-electron chi connectivity index (χ0n) is 13.1. The van der Waals surface area contributed by atoms with E-state index < -0.39 is 12.6 Å². The fraction of sp³-hybridized carbons (Fsp3) is 0.118. The summed E-state index contributed by atoms with van der Waals surface area (Å²) in [6, 6.07) is 7.85. The maximum Gasteiger partial charge on any atom is 0.387 e. The second kappa shape index (κ2) is 6.68. The first-order valence-corrected chi connectivity index (χ1v) is 7.25. The SMILES string of the molecule is Cc1nn(-c2ccc(OC(F)F)c(-c3ccncc3)c2)cc1C(=O)O. The third-order valence-corrected chi connectivity index (χ3v) is 3.56. The molecular weight excluding hydrogens is 332 g/mol. The molecule has 0 aliphatic heterocycles. The van der Waals surface area contributed by atoms with E-state index in [9.17, 15) is 13.6 Å². The Labute approximate surface area is 141 Å². The summed E-state index contributed by atoms with van der Waals surface area (Å²) in [5.41, 5.74) is 1.99. The molecule has 6 nitrogen and oxygen atoms in total. The molecule has 3 rings (SSSR count). The number of pyridine rings is 1. The van der Waals surface area contributed by atoms with E-state index >= 15 is 0 Å². The molecule has 2 aromatic heterocycles. The van der Waals surface area contributed by atoms with Gasteiger partial charge >= 0.3 is 12.6 Å². The van der Waals surface area contributed by atoms with Gasteiger partial charge in [0.05, 0.1) is 11.4 Å². The lowest BCUT2D eigenvalue weighted by molar-refractivity contribution is -0.0494. The number of alkyl halides is 2. The predicted octanol–water partition coefficient (Wildman–Crippen LogP) is 3.54. The lowest BCUT2D eigenvalue weighted by Gasteiger charge is -2.13. The number of halogens is 2. The van der Waals surface area contributed by atoms with Crippen LogP contribution in [0.1, 0.15) is 16.1 Å². The van der Waals surface area contributed by atoms with Crippen molar-refractivity contribution in [2.75, 3.05) is 0 Å². The largest absolute Gasteiger partial charge is 0.478 e. The van der Waals surface area contributed by atoms with Crippen LogP contribution in [0.25, 0.3) is 16.8 Å². The van der Waals surface area contributed by atoms with Crippen molar-refractivity contribution in [3.05, 3.63) is 60.2 Å². The number of benzene rings is 1. The molecule has 0 fully saturated rings. The maximum atomic E-state index is 12.7. The molecule has 128 valence electrons. The molecule has 3 aromatic rings. The smallest absolute Gasteiger partial charge is 0.387 e. The summed E-state index contributed by atoms with van der Waals surface area (Å²) in [6.07, 6.45) is 4.44. The van der Waals surface area contributed by atoms with E-state index in [2.05, 4.69) is 14.8 Å². The monoisotopic (exact) mass is 345 g/mol. The number of aromatic nitrogens is 3. The van der Waals surface area contributed by atoms with E-state index in [0.717, 1.165) is 0 Å². The molecule has 0 radical (unpaired) electrons. The molecule has 0 atom stereocenters. The van der Waals surface area contributed by atoms with Gasteiger partial charge in [-0.15, -0.1) is 0 Å². The molecule has 25 heavy (non-hydrogen) atoms. The van der Waals surface area contributed by atoms with Gasteiger partial charge in [-0.05, 0) is 42.8 Å². The molecule has 0 unspecified atom stereocenters. The van der Waals surface area contributed by atoms with Crippen LogP contribution in [0.3, 0.4) is 0 Å². The minimum atomic E-state index is -2.96. The summed E-state index contributed by atoms with van der Waals surface area (Å²) in [5, 5.41) is 13.3. The van der Waals surface area contributed by atoms with E-state index in [4.69, 9.17) is 5.11 Å². The first kappa shape index (κ1) is 16.6. The van der Waals surface area contributed by atoms with Crippen molar-refractivity contribution in [3.8, 4) is 22.6 Å². The van der Waals surface area contributed by atoms with Gasteiger partial charge in [0.15, 0.2) is 0 Å². The van der Waals surface area contributed by atoms with Gasteiger partial charge in [0, 0.05) is 24.2 Å². The molecule has 0 aliphatic rings. The van der Waals surface area contributed by atoms with Crippen molar-refractivity contribution >= 4 is 5.97 Å². The van der Waals surface area contributed by atoms with Crippen molar-refractivity contribution in [3.63, 3.8) is 0 Å². The highest BCUT2D eigenvalue weighted by atomic mass is 19.3. The lowest BCUT2D eigenvalue weighted by atomic mass is 10.1. The Kier molecular flexibility index (Phi) is 4.42. The number of rotatable bonds is 5. The van der Waals surface area contributed by atoms with E-state index in [1.165, 1.54) is 35.4 Å². The van der Waals surface area contributed by atoms with Gasteiger partial charge in [0.1, 0.15) is 11.3 Å². The van der Waals surface area contributed by atoms with Crippen LogP contribution in [-0.4, -0.2) is 32.5 Å². The average molecular weight is 345 g/mol. The van der Waals surface area contributed by atoms with Crippen LogP contribution in [0.2, 0.25) is 0 Å². The highest BCUT2D eigenvalue weighted by Crippen LogP contribution is 2.33. The molecule has 0 saturated heterocycles. The van der Waals surface area contributed by atoms with Crippen LogP contribution in [0.4, 0.5) is 8.78 Å². The quantitative estimate of drug-likeness (QED) is 0.765. The van der Waals surface area contributed by atoms with Crippen LogP contribution >= 0.6 is 0 Å². The third kappa shape index (κ3) is 3.47. The number of nitrogens with zero attached hydrogens (tertiary/aromatic N) is 3. The predicted molar refractivity (Wildman–Crippen MR) is 85.1 cm³/mol. The Morgan fingerprint density at radius 1 is 1.24 bits per heavy atom. The van der Waals surface area contributed by atoms with Crippen LogP contribution in [-0.2, 0) is 0 Å². The highest BCUT2D eigenvalue weighted by molar-refractivity contribution is 5.88. The summed E-state index contributed by atoms with van der Waals surface area (Å²) in [5.74, 6) is -1.08. The number of hydrogen-bond acceptors (Lipinski definition) is 4. The number of carbonyl (C=O) groups is 1. The van der Waals surface area contributed by atoms with E-state index in [-0.39, 0.29) is 11.3 Å². The molecule has 0 aliphatic carbocycles. The van der Waals surface area contributed by atoms with Gasteiger partial charge in [-0.2, -0.15) is 13.9 Å². The fourth-order valence-corrected chi connectivity index (χ4v) is 2.42. The van der Waals surface area contributed by atoms with Gasteiger partial charge in [0.2, 0.25) is 0 Å². The molecule has 1 aromatic carbocycles. The number of carboxylic acid groups (broad SMARTS) is 1. The zero-order valence-corrected chi connectivity index (χ0v) is 13.1. The molecule has 1 N–H and O–H groups in total. The molecule has 0 amide bonds. The first-order chi connectivity index (χ1) is 12.0. The minimum Gasteiger partial charge on any atom is -0.478 e. The highest BCUT2D eigenvalue weighted by Gasteiger charge is 2.16. The van der Waals surface area contributed by atoms with Crippen molar-refractivity contribution < 1.29 is 23.4 Å². The molecule has 0 saturated carbocycles. The second-order valence-corrected chi connectivity index (χ2v) is 5.17. The minimum absolute atomic E-state index is 0.00675. The zero-order chi connectivity index (χ0) is 18.0. The van der Waals surface area contributed by atoms with Crippen LogP contribution in [0.5, 0.6) is 5.75 Å². The van der Waals surface area contributed by atoms with Crippen molar-refractivity contribution in [1.82, 2.24) is 14.8 Å². The maximum absolute atomic E-state index is 12.7. The normalized spacial score (nSPS) is 10.9. The lowest BCUT2D eigenvalue weighted by Crippen LogP contribution is -2.04. The Hall–Kier alpha value is -3.29. The van der Waals surface area contributed by atoms with Gasteiger partial charge in [0.25, 0.3) is 0 Å². The number of aromatic carboxylic acids is 1. The molecule has 0 spiro atoms. The van der Waals surface area contributed by atoms with Gasteiger partial charge in [-0.1, -0.05) is 0 Å². The fourth-order valence-electron chi connectivity index (χ4n) is 2.42. The Morgan fingerprint density at radius 3 is 2.56 bits per heavy atom. The topological polar surface area (TPSA) is 77.2 Å². The van der Waals surface area contributed by atoms with E-state index in [1.807, 2.05) is 0 Å². The molecule has 2 heterocycles. The van der Waals surface area contributed by atoms with Crippen molar-refractivity contribution in [1.29, 1.82) is 0 Å². The van der Waals surface area contributed by atoms with Crippen LogP contribution in [0, 0.1) is 6.92 Å². The third-order valence-electron chi connectivity index (χ3n) is 3.56. The van der Waals surface area contributed by atoms with Crippen molar-refractivity contribution in [2.45, 2.75) is 13.5 Å². The number of hydrogen-bond donors (Lipinski definition) is 1. The van der Waals surface area contributed by atoms with E-state index in [1.54, 1.807) is 25.1 Å². The van der Waals surface area contributed by atoms with Gasteiger partial charge < -0.3 is 9.84 Å². The van der Waals surface area contributed by atoms with E-state index in [0.29, 0.717) is 22.5 Å². The van der Waals surface area contributed by atoms with Gasteiger partial charge in [-0.25, -0.2) is 9.48 Å². The van der Waals surface area contributed by atoms with Crippen LogP contribution < -0.4 is 4.74 Å². The summed E-state index contributed by atoms with van der Waals surface area (Å²) in [6.45, 7) is -1.38. The summed E-state index contributed by atoms with van der Waals surface area (Å²) in [7, 11) is 0. The second-order valence-electron chi connectivity index (χ2n) is 5.17. The Bertz CT molecular complexity index is 911. The number of ether oxygens (including phenoxy) is 1. The standard InChI is InChI=1S/C17H13F2N3O3/c1-10-14(16(23)24)9-22(21-10)12-2-3-15(25-17(18)19)13(8-12)11-4-6-20-7-5-11/h2-9,17H,1H3,(H,23,24). The summed E-state index contributed by atoms with van der Waals surface area (Å²) < 4.78 is 31.3. The van der Waals surface area contributed by atoms with Crippen LogP contribution in [0.15, 0.2) is 48.9 Å². The van der Waals surface area contributed by atoms with Gasteiger partial charge in [-0.3, -0.25) is 4.98 Å². The molecule has 0 bridgehead atoms. The summed E-state index contributed by atoms with van der Waals surface area (Å²) >= 11 is 0. The average Bonchev–Trinajstić information content (AvgIpc) is 2.97. The Balaban J connectivity index is 2.11. The summed E-state index contributed by atoms with van der Waals surface area (Å²) in [4.78, 5) is 15.1. The molecular formula is C17H13F2N3O3. The van der Waals surface area contributed by atoms with Crippen molar-refractivity contribution in [2.24, 2.45) is 0 Å². The molecule has 8 heteroatoms.